The van der Waals surface area contributed by atoms with Gasteiger partial charge in [0.1, 0.15) is 12.6 Å². The predicted octanol–water partition coefficient (Wildman–Crippen LogP) is 4.46. The minimum Gasteiger partial charge on any atom is -0.493 e. The molecule has 192 valence electrons. The minimum absolute atomic E-state index is 0.0356. The second-order valence-corrected chi connectivity index (χ2v) is 9.63. The van der Waals surface area contributed by atoms with Gasteiger partial charge in [-0.3, -0.25) is 9.59 Å². The zero-order valence-corrected chi connectivity index (χ0v) is 21.0. The van der Waals surface area contributed by atoms with E-state index in [0.29, 0.717) is 36.1 Å². The van der Waals surface area contributed by atoms with Crippen LogP contribution in [0.3, 0.4) is 0 Å². The van der Waals surface area contributed by atoms with Crippen molar-refractivity contribution in [2.75, 3.05) is 27.1 Å². The Balaban J connectivity index is 1.49. The molecule has 1 atom stereocenters. The highest BCUT2D eigenvalue weighted by atomic mass is 16.7. The fourth-order valence-electron chi connectivity index (χ4n) is 5.37. The van der Waals surface area contributed by atoms with Gasteiger partial charge in [-0.25, -0.2) is 0 Å². The Morgan fingerprint density at radius 3 is 2.56 bits per heavy atom. The van der Waals surface area contributed by atoms with Crippen molar-refractivity contribution in [3.63, 3.8) is 0 Å². The largest absolute Gasteiger partial charge is 0.493 e. The molecule has 3 aliphatic rings. The van der Waals surface area contributed by atoms with E-state index in [1.165, 1.54) is 6.42 Å². The molecule has 2 aromatic rings. The Kier molecular flexibility index (Phi) is 7.20. The van der Waals surface area contributed by atoms with Crippen LogP contribution in [-0.2, 0) is 16.1 Å². The van der Waals surface area contributed by atoms with E-state index >= 15 is 0 Å². The monoisotopic (exact) mass is 494 g/mol. The smallest absolute Gasteiger partial charge is 0.250 e. The van der Waals surface area contributed by atoms with E-state index in [-0.39, 0.29) is 31.2 Å². The van der Waals surface area contributed by atoms with Gasteiger partial charge < -0.3 is 28.7 Å². The highest BCUT2D eigenvalue weighted by Crippen LogP contribution is 2.38. The van der Waals surface area contributed by atoms with Gasteiger partial charge in [-0.2, -0.15) is 0 Å². The molecule has 2 amide bonds. The molecule has 0 N–H and O–H groups in total. The number of piperazine rings is 1. The van der Waals surface area contributed by atoms with Crippen molar-refractivity contribution in [2.24, 2.45) is 0 Å². The maximum absolute atomic E-state index is 14.0. The van der Waals surface area contributed by atoms with Crippen molar-refractivity contribution in [3.05, 3.63) is 47.5 Å². The molecule has 2 aromatic carbocycles. The normalized spacial score (nSPS) is 20.1. The van der Waals surface area contributed by atoms with Gasteiger partial charge in [0, 0.05) is 12.6 Å². The summed E-state index contributed by atoms with van der Waals surface area (Å²) >= 11 is 0. The number of fused-ring (bicyclic) bond motifs is 1. The number of amides is 2. The lowest BCUT2D eigenvalue weighted by Crippen LogP contribution is -2.58. The van der Waals surface area contributed by atoms with E-state index in [1.54, 1.807) is 12.0 Å². The summed E-state index contributed by atoms with van der Waals surface area (Å²) in [5.74, 6) is 2.43. The number of carbonyl (C=O) groups is 2. The van der Waals surface area contributed by atoms with Gasteiger partial charge in [0.25, 0.3) is 5.91 Å². The van der Waals surface area contributed by atoms with Crippen molar-refractivity contribution in [3.8, 4) is 23.0 Å². The van der Waals surface area contributed by atoms with Gasteiger partial charge in [-0.15, -0.1) is 0 Å². The molecular formula is C28H34N2O6. The third-order valence-corrected chi connectivity index (χ3v) is 7.23. The standard InChI is InChI=1S/C28H34N2O6/c1-3-13-34-22-12-10-20(15-24(22)33-2)27-28(32)29(21-7-5-4-6-8-21)17-26(31)30(27)16-19-9-11-23-25(14-19)36-18-35-23/h9-12,14-15,21,27H,3-8,13,16-18H2,1-2H3/t27-/m0/s1. The van der Waals surface area contributed by atoms with Crippen LogP contribution in [0.4, 0.5) is 0 Å². The van der Waals surface area contributed by atoms with E-state index in [9.17, 15) is 9.59 Å². The second-order valence-electron chi connectivity index (χ2n) is 9.63. The molecule has 1 saturated carbocycles. The number of ether oxygens (including phenoxy) is 4. The Morgan fingerprint density at radius 1 is 0.972 bits per heavy atom. The third kappa shape index (κ3) is 4.81. The van der Waals surface area contributed by atoms with Gasteiger partial charge in [-0.05, 0) is 54.7 Å². The average Bonchev–Trinajstić information content (AvgIpc) is 3.38. The van der Waals surface area contributed by atoms with Crippen molar-refractivity contribution < 1.29 is 28.5 Å². The summed E-state index contributed by atoms with van der Waals surface area (Å²) < 4.78 is 22.4. The summed E-state index contributed by atoms with van der Waals surface area (Å²) in [5.41, 5.74) is 1.60. The van der Waals surface area contributed by atoms with Crippen LogP contribution in [0, 0.1) is 0 Å². The van der Waals surface area contributed by atoms with E-state index in [0.717, 1.165) is 43.2 Å². The van der Waals surface area contributed by atoms with Crippen LogP contribution in [0.5, 0.6) is 23.0 Å². The van der Waals surface area contributed by atoms with Crippen LogP contribution in [-0.4, -0.2) is 54.7 Å². The highest BCUT2D eigenvalue weighted by Gasteiger charge is 2.43. The van der Waals surface area contributed by atoms with Crippen LogP contribution in [0.15, 0.2) is 36.4 Å². The molecule has 0 radical (unpaired) electrons. The second kappa shape index (κ2) is 10.7. The number of carbonyl (C=O) groups excluding carboxylic acids is 2. The van der Waals surface area contributed by atoms with E-state index in [4.69, 9.17) is 18.9 Å². The fraction of sp³-hybridized carbons (Fsp3) is 0.500. The lowest BCUT2D eigenvalue weighted by Gasteiger charge is -2.44. The number of hydrogen-bond acceptors (Lipinski definition) is 6. The maximum Gasteiger partial charge on any atom is 0.250 e. The van der Waals surface area contributed by atoms with Crippen LogP contribution in [0.2, 0.25) is 0 Å². The molecule has 2 heterocycles. The molecule has 0 bridgehead atoms. The topological polar surface area (TPSA) is 77.5 Å². The van der Waals surface area contributed by atoms with Crippen molar-refractivity contribution in [1.29, 1.82) is 0 Å². The molecule has 5 rings (SSSR count). The first-order valence-electron chi connectivity index (χ1n) is 12.9. The van der Waals surface area contributed by atoms with Gasteiger partial charge >= 0.3 is 0 Å². The molecule has 2 fully saturated rings. The number of nitrogens with zero attached hydrogens (tertiary/aromatic N) is 2. The zero-order chi connectivity index (χ0) is 25.1. The van der Waals surface area contributed by atoms with Crippen LogP contribution in [0.25, 0.3) is 0 Å². The predicted molar refractivity (Wildman–Crippen MR) is 133 cm³/mol. The van der Waals surface area contributed by atoms with Crippen molar-refractivity contribution in [2.45, 2.75) is 64.1 Å². The first-order chi connectivity index (χ1) is 17.6. The zero-order valence-electron chi connectivity index (χ0n) is 21.0. The van der Waals surface area contributed by atoms with E-state index in [2.05, 4.69) is 0 Å². The Bertz CT molecular complexity index is 1110. The first kappa shape index (κ1) is 24.3. The number of hydrogen-bond donors (Lipinski definition) is 0. The van der Waals surface area contributed by atoms with Crippen LogP contribution >= 0.6 is 0 Å². The average molecular weight is 495 g/mol. The number of methoxy groups -OCH3 is 1. The summed E-state index contributed by atoms with van der Waals surface area (Å²) in [5, 5.41) is 0. The molecule has 0 unspecified atom stereocenters. The summed E-state index contributed by atoms with van der Waals surface area (Å²) in [6.07, 6.45) is 6.13. The highest BCUT2D eigenvalue weighted by molar-refractivity contribution is 5.96. The molecule has 1 saturated heterocycles. The molecule has 8 nitrogen and oxygen atoms in total. The molecule has 0 spiro atoms. The third-order valence-electron chi connectivity index (χ3n) is 7.23. The van der Waals surface area contributed by atoms with Gasteiger partial charge in [0.05, 0.1) is 13.7 Å². The SMILES string of the molecule is CCCOc1ccc([C@H]2C(=O)N(C3CCCCC3)CC(=O)N2Cc2ccc3c(c2)OCO3)cc1OC. The minimum atomic E-state index is -0.743. The lowest BCUT2D eigenvalue weighted by atomic mass is 9.91. The van der Waals surface area contributed by atoms with Gasteiger partial charge in [0.15, 0.2) is 23.0 Å². The summed E-state index contributed by atoms with van der Waals surface area (Å²) in [6.45, 7) is 3.20. The molecule has 36 heavy (non-hydrogen) atoms. The summed E-state index contributed by atoms with van der Waals surface area (Å²) in [4.78, 5) is 31.1. The van der Waals surface area contributed by atoms with Gasteiger partial charge in [-0.1, -0.05) is 38.3 Å². The Hall–Kier alpha value is -3.42. The Labute approximate surface area is 212 Å². The first-order valence-corrected chi connectivity index (χ1v) is 12.9. The van der Waals surface area contributed by atoms with Crippen LogP contribution < -0.4 is 18.9 Å². The van der Waals surface area contributed by atoms with E-state index in [1.807, 2.05) is 48.2 Å². The lowest BCUT2D eigenvalue weighted by molar-refractivity contribution is -0.160. The fourth-order valence-corrected chi connectivity index (χ4v) is 5.37. The van der Waals surface area contributed by atoms with Crippen LogP contribution in [0.1, 0.15) is 62.6 Å². The molecule has 1 aliphatic carbocycles. The van der Waals surface area contributed by atoms with Crippen molar-refractivity contribution in [1.82, 2.24) is 9.80 Å². The molecule has 0 aromatic heterocycles. The van der Waals surface area contributed by atoms with Crippen molar-refractivity contribution >= 4 is 11.8 Å². The molecule has 8 heteroatoms. The number of rotatable bonds is 8. The van der Waals surface area contributed by atoms with Gasteiger partial charge in [0.2, 0.25) is 12.7 Å². The Morgan fingerprint density at radius 2 is 1.78 bits per heavy atom. The van der Waals surface area contributed by atoms with E-state index < -0.39 is 6.04 Å². The maximum atomic E-state index is 14.0. The summed E-state index contributed by atoms with van der Waals surface area (Å²) in [7, 11) is 1.59. The molecular weight excluding hydrogens is 460 g/mol. The summed E-state index contributed by atoms with van der Waals surface area (Å²) in [6, 6.07) is 10.6. The quantitative estimate of drug-likeness (QED) is 0.539. The number of benzene rings is 2. The molecule has 2 aliphatic heterocycles.